The molecule has 0 saturated heterocycles. The molecule has 8 heteroatoms. The van der Waals surface area contributed by atoms with Crippen LogP contribution in [0.4, 0.5) is 18.9 Å². The normalized spacial score (nSPS) is 11.1. The van der Waals surface area contributed by atoms with Gasteiger partial charge in [0, 0.05) is 6.20 Å². The summed E-state index contributed by atoms with van der Waals surface area (Å²) in [6, 6.07) is 7.24. The molecule has 23 heavy (non-hydrogen) atoms. The molecular formula is C15H13F3N2O3. The Morgan fingerprint density at radius 2 is 2.09 bits per heavy atom. The Bertz CT molecular complexity index is 717. The first-order valence-corrected chi connectivity index (χ1v) is 6.52. The fourth-order valence-corrected chi connectivity index (χ4v) is 1.77. The Balaban J connectivity index is 2.21. The molecule has 2 rings (SSSR count). The molecule has 0 fully saturated rings. The molecule has 2 aromatic rings. The number of carbonyl (C=O) groups excluding carboxylic acids is 1. The van der Waals surface area contributed by atoms with Crippen LogP contribution < -0.4 is 10.1 Å². The molecule has 122 valence electrons. The van der Waals surface area contributed by atoms with E-state index in [0.717, 1.165) is 5.56 Å². The Labute approximate surface area is 129 Å². The molecule has 1 heterocycles. The number of rotatable bonds is 4. The highest BCUT2D eigenvalue weighted by molar-refractivity contribution is 6.06. The molecule has 1 aromatic carbocycles. The largest absolute Gasteiger partial charge is 0.506 e. The number of aryl methyl sites for hydroxylation is 1. The van der Waals surface area contributed by atoms with Crippen LogP contribution in [0.25, 0.3) is 0 Å². The fraction of sp³-hybridized carbons (Fsp3) is 0.200. The van der Waals surface area contributed by atoms with E-state index in [4.69, 9.17) is 0 Å². The van der Waals surface area contributed by atoms with E-state index in [1.807, 2.05) is 0 Å². The van der Waals surface area contributed by atoms with E-state index in [1.54, 1.807) is 13.0 Å². The van der Waals surface area contributed by atoms with Crippen molar-refractivity contribution in [2.24, 2.45) is 0 Å². The van der Waals surface area contributed by atoms with Crippen molar-refractivity contribution < 1.29 is 27.8 Å². The van der Waals surface area contributed by atoms with Crippen LogP contribution in [-0.4, -0.2) is 28.8 Å². The van der Waals surface area contributed by atoms with Crippen LogP contribution in [0.1, 0.15) is 15.9 Å². The number of anilines is 1. The first kappa shape index (κ1) is 16.6. The van der Waals surface area contributed by atoms with Gasteiger partial charge < -0.3 is 15.2 Å². The predicted molar refractivity (Wildman–Crippen MR) is 76.6 cm³/mol. The lowest BCUT2D eigenvalue weighted by Gasteiger charge is -2.12. The minimum absolute atomic E-state index is 0.139. The fourth-order valence-electron chi connectivity index (χ4n) is 1.77. The van der Waals surface area contributed by atoms with Crippen molar-refractivity contribution in [1.82, 2.24) is 4.98 Å². The van der Waals surface area contributed by atoms with Gasteiger partial charge in [0.25, 0.3) is 5.91 Å². The summed E-state index contributed by atoms with van der Waals surface area (Å²) in [4.78, 5) is 15.8. The first-order valence-electron chi connectivity index (χ1n) is 6.52. The molecule has 1 aromatic heterocycles. The summed E-state index contributed by atoms with van der Waals surface area (Å²) in [6.45, 7) is 0.205. The van der Waals surface area contributed by atoms with Gasteiger partial charge in [-0.2, -0.15) is 13.2 Å². The first-order chi connectivity index (χ1) is 10.8. The minimum Gasteiger partial charge on any atom is -0.506 e. The maximum absolute atomic E-state index is 12.2. The summed E-state index contributed by atoms with van der Waals surface area (Å²) in [6.07, 6.45) is -3.33. The molecule has 2 N–H and O–H groups in total. The molecule has 0 radical (unpaired) electrons. The molecular weight excluding hydrogens is 313 g/mol. The quantitative estimate of drug-likeness (QED) is 0.846. The molecule has 0 atom stereocenters. The summed E-state index contributed by atoms with van der Waals surface area (Å²) < 4.78 is 41.3. The third-order valence-corrected chi connectivity index (χ3v) is 2.79. The summed E-state index contributed by atoms with van der Waals surface area (Å²) >= 11 is 0. The summed E-state index contributed by atoms with van der Waals surface area (Å²) in [5, 5.41) is 12.1. The summed E-state index contributed by atoms with van der Waals surface area (Å²) in [5.41, 5.74) is 0.760. The van der Waals surface area contributed by atoms with E-state index >= 15 is 0 Å². The molecule has 1 amide bonds. The smallest absolute Gasteiger partial charge is 0.422 e. The zero-order valence-electron chi connectivity index (χ0n) is 12.0. The zero-order chi connectivity index (χ0) is 17.0. The lowest BCUT2D eigenvalue weighted by molar-refractivity contribution is -0.154. The highest BCUT2D eigenvalue weighted by Gasteiger charge is 2.29. The number of pyridine rings is 1. The van der Waals surface area contributed by atoms with Gasteiger partial charge in [-0.05, 0) is 36.8 Å². The second-order valence-corrected chi connectivity index (χ2v) is 4.73. The van der Waals surface area contributed by atoms with Crippen LogP contribution in [0.15, 0.2) is 36.5 Å². The van der Waals surface area contributed by atoms with Gasteiger partial charge in [-0.3, -0.25) is 4.79 Å². The van der Waals surface area contributed by atoms with Gasteiger partial charge in [-0.15, -0.1) is 0 Å². The number of benzene rings is 1. The lowest BCUT2D eigenvalue weighted by atomic mass is 10.2. The van der Waals surface area contributed by atoms with Crippen molar-refractivity contribution in [3.05, 3.63) is 47.7 Å². The van der Waals surface area contributed by atoms with E-state index in [0.29, 0.717) is 0 Å². The van der Waals surface area contributed by atoms with Crippen LogP contribution in [0, 0.1) is 6.92 Å². The number of ether oxygens (including phenoxy) is 1. The Morgan fingerprint density at radius 1 is 1.35 bits per heavy atom. The van der Waals surface area contributed by atoms with Gasteiger partial charge in [0.2, 0.25) is 5.88 Å². The second kappa shape index (κ2) is 6.55. The molecule has 0 spiro atoms. The second-order valence-electron chi connectivity index (χ2n) is 4.73. The summed E-state index contributed by atoms with van der Waals surface area (Å²) in [7, 11) is 0. The number of amides is 1. The molecule has 0 aliphatic carbocycles. The average molecular weight is 326 g/mol. The number of nitrogens with zero attached hydrogens (tertiary/aromatic N) is 1. The van der Waals surface area contributed by atoms with Gasteiger partial charge in [0.05, 0.1) is 5.69 Å². The van der Waals surface area contributed by atoms with Crippen LogP contribution >= 0.6 is 0 Å². The van der Waals surface area contributed by atoms with Crippen molar-refractivity contribution in [3.63, 3.8) is 0 Å². The average Bonchev–Trinajstić information content (AvgIpc) is 2.48. The standard InChI is InChI=1S/C15H13F3N2O3/c1-9-4-5-12(21)11(7-9)20-13(22)10-3-2-6-19-14(10)23-8-15(16,17)18/h2-7,21H,8H2,1H3,(H,20,22). The predicted octanol–water partition coefficient (Wildman–Crippen LogP) is 3.29. The highest BCUT2D eigenvalue weighted by Crippen LogP contribution is 2.26. The SMILES string of the molecule is Cc1ccc(O)c(NC(=O)c2cccnc2OCC(F)(F)F)c1. The Kier molecular flexibility index (Phi) is 4.73. The molecule has 0 aliphatic heterocycles. The van der Waals surface area contributed by atoms with Gasteiger partial charge >= 0.3 is 6.18 Å². The van der Waals surface area contributed by atoms with Crippen molar-refractivity contribution in [2.75, 3.05) is 11.9 Å². The minimum atomic E-state index is -4.54. The van der Waals surface area contributed by atoms with Crippen LogP contribution in [0.5, 0.6) is 11.6 Å². The number of hydrogen-bond acceptors (Lipinski definition) is 4. The van der Waals surface area contributed by atoms with Crippen molar-refractivity contribution in [3.8, 4) is 11.6 Å². The van der Waals surface area contributed by atoms with Gasteiger partial charge in [0.1, 0.15) is 11.3 Å². The third kappa shape index (κ3) is 4.60. The van der Waals surface area contributed by atoms with Crippen molar-refractivity contribution in [1.29, 1.82) is 0 Å². The summed E-state index contributed by atoms with van der Waals surface area (Å²) in [5.74, 6) is -1.34. The molecule has 0 unspecified atom stereocenters. The van der Waals surface area contributed by atoms with Crippen LogP contribution in [0.2, 0.25) is 0 Å². The zero-order valence-corrected chi connectivity index (χ0v) is 12.0. The monoisotopic (exact) mass is 326 g/mol. The molecule has 0 bridgehead atoms. The van der Waals surface area contributed by atoms with E-state index < -0.39 is 24.6 Å². The number of aromatic nitrogens is 1. The van der Waals surface area contributed by atoms with E-state index in [2.05, 4.69) is 15.0 Å². The van der Waals surface area contributed by atoms with Gasteiger partial charge in [-0.1, -0.05) is 6.07 Å². The number of nitrogens with one attached hydrogen (secondary N) is 1. The van der Waals surface area contributed by atoms with Crippen molar-refractivity contribution in [2.45, 2.75) is 13.1 Å². The number of phenolic OH excluding ortho intramolecular Hbond substituents is 1. The van der Waals surface area contributed by atoms with Gasteiger partial charge in [-0.25, -0.2) is 4.98 Å². The highest BCUT2D eigenvalue weighted by atomic mass is 19.4. The molecule has 5 nitrogen and oxygen atoms in total. The maximum atomic E-state index is 12.2. The lowest BCUT2D eigenvalue weighted by Crippen LogP contribution is -2.22. The third-order valence-electron chi connectivity index (χ3n) is 2.79. The number of hydrogen-bond donors (Lipinski definition) is 2. The van der Waals surface area contributed by atoms with E-state index in [9.17, 15) is 23.1 Å². The Hall–Kier alpha value is -2.77. The topological polar surface area (TPSA) is 71.5 Å². The maximum Gasteiger partial charge on any atom is 0.422 e. The Morgan fingerprint density at radius 3 is 2.78 bits per heavy atom. The number of aromatic hydroxyl groups is 1. The number of carbonyl (C=O) groups is 1. The van der Waals surface area contributed by atoms with Crippen molar-refractivity contribution >= 4 is 11.6 Å². The number of phenols is 1. The van der Waals surface area contributed by atoms with Crippen LogP contribution in [0.3, 0.4) is 0 Å². The van der Waals surface area contributed by atoms with E-state index in [1.165, 1.54) is 30.5 Å². The number of halogens is 3. The van der Waals surface area contributed by atoms with Crippen LogP contribution in [-0.2, 0) is 0 Å². The van der Waals surface area contributed by atoms with E-state index in [-0.39, 0.29) is 17.0 Å². The van der Waals surface area contributed by atoms with Gasteiger partial charge in [0.15, 0.2) is 6.61 Å². The molecule has 0 saturated carbocycles. The number of alkyl halides is 3. The molecule has 0 aliphatic rings.